The lowest BCUT2D eigenvalue weighted by Crippen LogP contribution is -2.27. The number of likely N-dealkylation sites (N-methyl/N-ethyl adjacent to an activating group) is 1. The second kappa shape index (κ2) is 6.72. The Hall–Kier alpha value is -0.930. The van der Waals surface area contributed by atoms with Gasteiger partial charge in [0.1, 0.15) is 5.82 Å². The summed E-state index contributed by atoms with van der Waals surface area (Å²) < 4.78 is 19.4. The molecule has 0 aliphatic heterocycles. The van der Waals surface area contributed by atoms with Crippen LogP contribution < -0.4 is 5.32 Å². The molecule has 0 aliphatic rings. The molecule has 96 valence electrons. The van der Waals surface area contributed by atoms with Crippen LogP contribution in [0.4, 0.5) is 4.39 Å². The van der Waals surface area contributed by atoms with E-state index >= 15 is 0 Å². The maximum Gasteiger partial charge on any atom is 0.128 e. The number of aryl methyl sites for hydroxylation is 1. The average Bonchev–Trinajstić information content (AvgIpc) is 2.24. The molecule has 1 atom stereocenters. The largest absolute Gasteiger partial charge is 0.377 e. The minimum Gasteiger partial charge on any atom is -0.377 e. The van der Waals surface area contributed by atoms with E-state index in [-0.39, 0.29) is 18.0 Å². The Morgan fingerprint density at radius 2 is 2.06 bits per heavy atom. The van der Waals surface area contributed by atoms with Crippen molar-refractivity contribution < 1.29 is 9.13 Å². The molecule has 0 saturated heterocycles. The molecule has 0 aromatic heterocycles. The number of benzene rings is 1. The third-order valence-corrected chi connectivity index (χ3v) is 2.58. The smallest absolute Gasteiger partial charge is 0.128 e. The molecule has 0 aliphatic carbocycles. The first-order chi connectivity index (χ1) is 8.04. The zero-order chi connectivity index (χ0) is 12.8. The van der Waals surface area contributed by atoms with Gasteiger partial charge in [-0.1, -0.05) is 19.1 Å². The number of ether oxygens (including phenoxy) is 1. The highest BCUT2D eigenvalue weighted by Crippen LogP contribution is 2.19. The van der Waals surface area contributed by atoms with Crippen molar-refractivity contribution in [2.24, 2.45) is 0 Å². The normalized spacial score (nSPS) is 13.1. The molecule has 17 heavy (non-hydrogen) atoms. The van der Waals surface area contributed by atoms with E-state index in [0.29, 0.717) is 12.2 Å². The van der Waals surface area contributed by atoms with Gasteiger partial charge in [-0.25, -0.2) is 4.39 Å². The van der Waals surface area contributed by atoms with Crippen LogP contribution in [0.5, 0.6) is 0 Å². The lowest BCUT2D eigenvalue weighted by Gasteiger charge is -2.20. The van der Waals surface area contributed by atoms with Crippen molar-refractivity contribution in [3.8, 4) is 0 Å². The number of hydrogen-bond acceptors (Lipinski definition) is 2. The van der Waals surface area contributed by atoms with Crippen LogP contribution in [0.3, 0.4) is 0 Å². The van der Waals surface area contributed by atoms with Gasteiger partial charge in [-0.05, 0) is 38.9 Å². The van der Waals surface area contributed by atoms with Crippen LogP contribution in [0.15, 0.2) is 18.2 Å². The summed E-state index contributed by atoms with van der Waals surface area (Å²) in [6.45, 7) is 9.14. The summed E-state index contributed by atoms with van der Waals surface area (Å²) in [5.41, 5.74) is 1.62. The van der Waals surface area contributed by atoms with E-state index in [9.17, 15) is 4.39 Å². The molecule has 1 aromatic rings. The monoisotopic (exact) mass is 239 g/mol. The standard InChI is InChI=1S/C14H22FNO/c1-5-16-14(9-17-10(2)3)12-7-6-11(4)8-13(12)15/h6-8,10,14,16H,5,9H2,1-4H3. The van der Waals surface area contributed by atoms with Crippen LogP contribution in [-0.2, 0) is 4.74 Å². The molecule has 3 heteroatoms. The Bertz CT molecular complexity index is 352. The molecular formula is C14H22FNO. The van der Waals surface area contributed by atoms with Gasteiger partial charge in [-0.2, -0.15) is 0 Å². The number of rotatable bonds is 6. The maximum atomic E-state index is 13.9. The maximum absolute atomic E-state index is 13.9. The van der Waals surface area contributed by atoms with E-state index < -0.39 is 0 Å². The van der Waals surface area contributed by atoms with Gasteiger partial charge in [0.2, 0.25) is 0 Å². The Morgan fingerprint density at radius 3 is 2.59 bits per heavy atom. The predicted molar refractivity (Wildman–Crippen MR) is 68.6 cm³/mol. The highest BCUT2D eigenvalue weighted by molar-refractivity contribution is 5.26. The average molecular weight is 239 g/mol. The topological polar surface area (TPSA) is 21.3 Å². The van der Waals surface area contributed by atoms with E-state index in [2.05, 4.69) is 5.32 Å². The summed E-state index contributed by atoms with van der Waals surface area (Å²) in [5.74, 6) is -0.164. The second-order valence-electron chi connectivity index (χ2n) is 4.52. The first-order valence-corrected chi connectivity index (χ1v) is 6.15. The molecule has 1 unspecified atom stereocenters. The van der Waals surface area contributed by atoms with Crippen LogP contribution in [0.25, 0.3) is 0 Å². The summed E-state index contributed by atoms with van der Waals surface area (Å²) in [7, 11) is 0. The molecule has 0 radical (unpaired) electrons. The van der Waals surface area contributed by atoms with Gasteiger partial charge in [0.25, 0.3) is 0 Å². The van der Waals surface area contributed by atoms with Crippen molar-refractivity contribution in [3.63, 3.8) is 0 Å². The van der Waals surface area contributed by atoms with E-state index in [1.807, 2.05) is 39.8 Å². The fourth-order valence-electron chi connectivity index (χ4n) is 1.71. The second-order valence-corrected chi connectivity index (χ2v) is 4.52. The molecule has 0 fully saturated rings. The minimum absolute atomic E-state index is 0.0806. The predicted octanol–water partition coefficient (Wildman–Crippen LogP) is 3.21. The van der Waals surface area contributed by atoms with Gasteiger partial charge in [0, 0.05) is 5.56 Å². The van der Waals surface area contributed by atoms with Gasteiger partial charge in [-0.15, -0.1) is 0 Å². The molecule has 0 heterocycles. The molecule has 1 aromatic carbocycles. The molecule has 0 amide bonds. The van der Waals surface area contributed by atoms with Gasteiger partial charge in [0.05, 0.1) is 18.8 Å². The zero-order valence-electron chi connectivity index (χ0n) is 11.1. The van der Waals surface area contributed by atoms with Crippen molar-refractivity contribution in [3.05, 3.63) is 35.1 Å². The summed E-state index contributed by atoms with van der Waals surface area (Å²) >= 11 is 0. The summed E-state index contributed by atoms with van der Waals surface area (Å²) in [6, 6.07) is 5.25. The number of halogens is 1. The first-order valence-electron chi connectivity index (χ1n) is 6.15. The highest BCUT2D eigenvalue weighted by Gasteiger charge is 2.15. The molecule has 2 nitrogen and oxygen atoms in total. The molecule has 0 bridgehead atoms. The van der Waals surface area contributed by atoms with E-state index in [4.69, 9.17) is 4.74 Å². The SMILES string of the molecule is CCNC(COC(C)C)c1ccc(C)cc1F. The molecular weight excluding hydrogens is 217 g/mol. The Kier molecular flexibility index (Phi) is 5.59. The fraction of sp³-hybridized carbons (Fsp3) is 0.571. The van der Waals surface area contributed by atoms with E-state index in [0.717, 1.165) is 12.1 Å². The van der Waals surface area contributed by atoms with Crippen LogP contribution in [0.1, 0.15) is 37.9 Å². The Labute approximate surface area is 103 Å². The lowest BCUT2D eigenvalue weighted by atomic mass is 10.0. The first kappa shape index (κ1) is 14.1. The van der Waals surface area contributed by atoms with Gasteiger partial charge in [-0.3, -0.25) is 0 Å². The van der Waals surface area contributed by atoms with Crippen molar-refractivity contribution in [2.45, 2.75) is 39.8 Å². The summed E-state index contributed by atoms with van der Waals surface area (Å²) in [6.07, 6.45) is 0.157. The molecule has 1 rings (SSSR count). The third-order valence-electron chi connectivity index (χ3n) is 2.58. The van der Waals surface area contributed by atoms with E-state index in [1.54, 1.807) is 6.07 Å². The van der Waals surface area contributed by atoms with Crippen molar-refractivity contribution in [1.29, 1.82) is 0 Å². The lowest BCUT2D eigenvalue weighted by molar-refractivity contribution is 0.0607. The van der Waals surface area contributed by atoms with Gasteiger partial charge in [0.15, 0.2) is 0 Å². The molecule has 1 N–H and O–H groups in total. The third kappa shape index (κ3) is 4.44. The van der Waals surface area contributed by atoms with Crippen molar-refractivity contribution in [2.75, 3.05) is 13.2 Å². The van der Waals surface area contributed by atoms with Gasteiger partial charge >= 0.3 is 0 Å². The Morgan fingerprint density at radius 1 is 1.35 bits per heavy atom. The highest BCUT2D eigenvalue weighted by atomic mass is 19.1. The van der Waals surface area contributed by atoms with Crippen LogP contribution in [0.2, 0.25) is 0 Å². The van der Waals surface area contributed by atoms with Crippen LogP contribution >= 0.6 is 0 Å². The van der Waals surface area contributed by atoms with Gasteiger partial charge < -0.3 is 10.1 Å². The zero-order valence-corrected chi connectivity index (χ0v) is 11.1. The van der Waals surface area contributed by atoms with Crippen LogP contribution in [0, 0.1) is 12.7 Å². The van der Waals surface area contributed by atoms with Crippen molar-refractivity contribution >= 4 is 0 Å². The van der Waals surface area contributed by atoms with Crippen LogP contribution in [-0.4, -0.2) is 19.3 Å². The molecule has 0 spiro atoms. The minimum atomic E-state index is -0.164. The molecule has 0 saturated carbocycles. The fourth-order valence-corrected chi connectivity index (χ4v) is 1.71. The van der Waals surface area contributed by atoms with Crippen molar-refractivity contribution in [1.82, 2.24) is 5.32 Å². The van der Waals surface area contributed by atoms with E-state index in [1.165, 1.54) is 0 Å². The Balaban J connectivity index is 2.81. The number of hydrogen-bond donors (Lipinski definition) is 1. The summed E-state index contributed by atoms with van der Waals surface area (Å²) in [5, 5.41) is 3.25. The number of nitrogens with one attached hydrogen (secondary N) is 1. The quantitative estimate of drug-likeness (QED) is 0.823. The summed E-state index contributed by atoms with van der Waals surface area (Å²) in [4.78, 5) is 0.